The summed E-state index contributed by atoms with van der Waals surface area (Å²) >= 11 is 0. The fourth-order valence-electron chi connectivity index (χ4n) is 2.97. The summed E-state index contributed by atoms with van der Waals surface area (Å²) in [6, 6.07) is 5.69. The van der Waals surface area contributed by atoms with E-state index in [4.69, 9.17) is 14.2 Å². The molecule has 0 spiro atoms. The zero-order valence-electron chi connectivity index (χ0n) is 15.2. The molecule has 2 aromatic rings. The first-order valence-corrected chi connectivity index (χ1v) is 9.33. The van der Waals surface area contributed by atoms with Crippen LogP contribution in [0.1, 0.15) is 15.9 Å². The number of nitrogens with zero attached hydrogens (tertiary/aromatic N) is 2. The first-order valence-electron chi connectivity index (χ1n) is 7.89. The number of carbonyl (C=O) groups is 1. The quantitative estimate of drug-likeness (QED) is 0.525. The van der Waals surface area contributed by atoms with Crippen molar-refractivity contribution >= 4 is 21.6 Å². The van der Waals surface area contributed by atoms with Crippen molar-refractivity contribution in [2.24, 2.45) is 0 Å². The summed E-state index contributed by atoms with van der Waals surface area (Å²) in [4.78, 5) is 22.7. The molecule has 0 saturated carbocycles. The molecule has 1 aliphatic rings. The van der Waals surface area contributed by atoms with Crippen LogP contribution in [-0.2, 0) is 16.6 Å². The summed E-state index contributed by atoms with van der Waals surface area (Å²) in [6.45, 7) is -0.267. The lowest BCUT2D eigenvalue weighted by atomic mass is 10.1. The molecule has 0 N–H and O–H groups in total. The lowest BCUT2D eigenvalue weighted by molar-refractivity contribution is -0.384. The lowest BCUT2D eigenvalue weighted by Gasteiger charge is -2.16. The van der Waals surface area contributed by atoms with Gasteiger partial charge in [0.1, 0.15) is 0 Å². The van der Waals surface area contributed by atoms with Crippen molar-refractivity contribution in [3.05, 3.63) is 51.6 Å². The highest BCUT2D eigenvalue weighted by Gasteiger charge is 2.40. The van der Waals surface area contributed by atoms with Gasteiger partial charge in [0.15, 0.2) is 11.5 Å². The summed E-state index contributed by atoms with van der Waals surface area (Å²) in [5.74, 6) is -0.0913. The van der Waals surface area contributed by atoms with Crippen molar-refractivity contribution < 1.29 is 32.3 Å². The number of methoxy groups -OCH3 is 3. The molecule has 2 aromatic carbocycles. The molecule has 10 nitrogen and oxygen atoms in total. The number of rotatable bonds is 6. The number of nitro benzene ring substituents is 1. The molecular weight excluding hydrogens is 392 g/mol. The third kappa shape index (κ3) is 2.89. The van der Waals surface area contributed by atoms with Crippen LogP contribution in [0.25, 0.3) is 0 Å². The molecule has 11 heteroatoms. The molecular formula is C17H16N2O8S. The smallest absolute Gasteiger partial charge is 0.269 e. The molecule has 0 aromatic heterocycles. The highest BCUT2D eigenvalue weighted by Crippen LogP contribution is 2.46. The van der Waals surface area contributed by atoms with Crippen LogP contribution in [0.15, 0.2) is 35.2 Å². The molecule has 28 heavy (non-hydrogen) atoms. The fraction of sp³-hybridized carbons (Fsp3) is 0.235. The van der Waals surface area contributed by atoms with Crippen molar-refractivity contribution in [1.29, 1.82) is 0 Å². The van der Waals surface area contributed by atoms with Gasteiger partial charge in [0.2, 0.25) is 5.75 Å². The van der Waals surface area contributed by atoms with Gasteiger partial charge >= 0.3 is 0 Å². The van der Waals surface area contributed by atoms with E-state index in [1.165, 1.54) is 27.4 Å². The van der Waals surface area contributed by atoms with Crippen LogP contribution in [0.3, 0.4) is 0 Å². The lowest BCUT2D eigenvalue weighted by Crippen LogP contribution is -2.31. The Morgan fingerprint density at radius 2 is 1.64 bits per heavy atom. The maximum Gasteiger partial charge on any atom is 0.269 e. The Morgan fingerprint density at radius 3 is 2.14 bits per heavy atom. The normalized spacial score (nSPS) is 13.2. The van der Waals surface area contributed by atoms with E-state index in [1.54, 1.807) is 0 Å². The van der Waals surface area contributed by atoms with E-state index < -0.39 is 20.9 Å². The molecule has 148 valence electrons. The van der Waals surface area contributed by atoms with Gasteiger partial charge in [0, 0.05) is 17.7 Å². The van der Waals surface area contributed by atoms with Gasteiger partial charge in [-0.1, -0.05) is 0 Å². The topological polar surface area (TPSA) is 125 Å². The molecule has 0 unspecified atom stereocenters. The Labute approximate surface area is 160 Å². The minimum absolute atomic E-state index is 0.111. The van der Waals surface area contributed by atoms with Gasteiger partial charge in [0.25, 0.3) is 21.6 Å². The SMILES string of the molecule is COc1cc2c(c(OC)c1OC)CN(S(=O)(=O)c1ccc([N+](=O)[O-])cc1)C2=O. The van der Waals surface area contributed by atoms with Crippen molar-refractivity contribution in [3.63, 3.8) is 0 Å². The third-order valence-corrected chi connectivity index (χ3v) is 6.07. The van der Waals surface area contributed by atoms with Crippen molar-refractivity contribution in [3.8, 4) is 17.2 Å². The minimum atomic E-state index is -4.24. The number of hydrogen-bond acceptors (Lipinski definition) is 8. The Hall–Kier alpha value is -3.34. The highest BCUT2D eigenvalue weighted by molar-refractivity contribution is 7.89. The van der Waals surface area contributed by atoms with Gasteiger partial charge < -0.3 is 14.2 Å². The molecule has 0 radical (unpaired) electrons. The standard InChI is InChI=1S/C17H16N2O8S/c1-25-14-8-12-13(15(26-2)16(14)27-3)9-18(17(12)20)28(23,24)11-6-4-10(5-7-11)19(21)22/h4-8H,9H2,1-3H3. The van der Waals surface area contributed by atoms with E-state index >= 15 is 0 Å². The maximum atomic E-state index is 12.9. The van der Waals surface area contributed by atoms with E-state index in [0.29, 0.717) is 9.87 Å². The average Bonchev–Trinajstić information content (AvgIpc) is 3.03. The summed E-state index contributed by atoms with van der Waals surface area (Å²) in [5, 5.41) is 10.8. The molecule has 1 aliphatic heterocycles. The van der Waals surface area contributed by atoms with Crippen molar-refractivity contribution in [2.45, 2.75) is 11.4 Å². The van der Waals surface area contributed by atoms with Gasteiger partial charge in [-0.3, -0.25) is 14.9 Å². The van der Waals surface area contributed by atoms with E-state index in [1.807, 2.05) is 0 Å². The van der Waals surface area contributed by atoms with Crippen LogP contribution in [0.4, 0.5) is 5.69 Å². The molecule has 0 bridgehead atoms. The van der Waals surface area contributed by atoms with Crippen LogP contribution in [-0.4, -0.2) is 44.9 Å². The second-order valence-corrected chi connectivity index (χ2v) is 7.60. The predicted molar refractivity (Wildman–Crippen MR) is 96.3 cm³/mol. The van der Waals surface area contributed by atoms with Gasteiger partial charge in [-0.25, -0.2) is 12.7 Å². The number of amides is 1. The van der Waals surface area contributed by atoms with Crippen LogP contribution < -0.4 is 14.2 Å². The van der Waals surface area contributed by atoms with Crippen LogP contribution in [0, 0.1) is 10.1 Å². The highest BCUT2D eigenvalue weighted by atomic mass is 32.2. The summed E-state index contributed by atoms with van der Waals surface area (Å²) < 4.78 is 42.3. The zero-order chi connectivity index (χ0) is 20.6. The number of sulfonamides is 1. The zero-order valence-corrected chi connectivity index (χ0v) is 16.0. The second-order valence-electron chi connectivity index (χ2n) is 5.74. The van der Waals surface area contributed by atoms with E-state index in [-0.39, 0.29) is 39.9 Å². The Morgan fingerprint density at radius 1 is 1.04 bits per heavy atom. The van der Waals surface area contributed by atoms with Crippen LogP contribution >= 0.6 is 0 Å². The Kier molecular flexibility index (Phi) is 4.86. The molecule has 0 fully saturated rings. The van der Waals surface area contributed by atoms with Crippen molar-refractivity contribution in [2.75, 3.05) is 21.3 Å². The van der Waals surface area contributed by atoms with Gasteiger partial charge in [-0.15, -0.1) is 0 Å². The van der Waals surface area contributed by atoms with Crippen molar-refractivity contribution in [1.82, 2.24) is 4.31 Å². The molecule has 3 rings (SSSR count). The second kappa shape index (κ2) is 7.00. The monoisotopic (exact) mass is 408 g/mol. The van der Waals surface area contributed by atoms with Gasteiger partial charge in [0.05, 0.1) is 43.3 Å². The molecule has 0 saturated heterocycles. The minimum Gasteiger partial charge on any atom is -0.493 e. The number of hydrogen-bond donors (Lipinski definition) is 0. The molecule has 0 atom stereocenters. The van der Waals surface area contributed by atoms with Gasteiger partial charge in [-0.05, 0) is 18.2 Å². The summed E-state index contributed by atoms with van der Waals surface area (Å²) in [7, 11) is -0.0864. The summed E-state index contributed by atoms with van der Waals surface area (Å²) in [5.41, 5.74) is 0.196. The molecule has 1 amide bonds. The van der Waals surface area contributed by atoms with Gasteiger partial charge in [-0.2, -0.15) is 0 Å². The Balaban J connectivity index is 2.07. The Bertz CT molecular complexity index is 1060. The predicted octanol–water partition coefficient (Wildman–Crippen LogP) is 1.97. The number of benzene rings is 2. The summed E-state index contributed by atoms with van der Waals surface area (Å²) in [6.07, 6.45) is 0. The van der Waals surface area contributed by atoms with Crippen LogP contribution in [0.5, 0.6) is 17.2 Å². The average molecular weight is 408 g/mol. The number of nitro groups is 1. The number of ether oxygens (including phenoxy) is 3. The maximum absolute atomic E-state index is 12.9. The van der Waals surface area contributed by atoms with E-state index in [9.17, 15) is 23.3 Å². The first kappa shape index (κ1) is 19.4. The van der Waals surface area contributed by atoms with Crippen LogP contribution in [0.2, 0.25) is 0 Å². The largest absolute Gasteiger partial charge is 0.493 e. The fourth-order valence-corrected chi connectivity index (χ4v) is 4.32. The first-order chi connectivity index (χ1) is 13.3. The molecule has 1 heterocycles. The molecule has 0 aliphatic carbocycles. The number of non-ortho nitro benzene ring substituents is 1. The van der Waals surface area contributed by atoms with E-state index in [0.717, 1.165) is 24.3 Å². The number of carbonyl (C=O) groups excluding carboxylic acids is 1. The van der Waals surface area contributed by atoms with E-state index in [2.05, 4.69) is 0 Å². The third-order valence-electron chi connectivity index (χ3n) is 4.33. The number of fused-ring (bicyclic) bond motifs is 1.